The van der Waals surface area contributed by atoms with Crippen molar-refractivity contribution in [2.24, 2.45) is 17.8 Å². The van der Waals surface area contributed by atoms with Gasteiger partial charge in [-0.1, -0.05) is 18.2 Å². The first-order chi connectivity index (χ1) is 9.13. The molecule has 2 aliphatic rings. The largest absolute Gasteiger partial charge is 0.478 e. The summed E-state index contributed by atoms with van der Waals surface area (Å²) in [5.41, 5.74) is 0.738. The van der Waals surface area contributed by atoms with Gasteiger partial charge in [-0.3, -0.25) is 4.79 Å². The Morgan fingerprint density at radius 2 is 2.05 bits per heavy atom. The van der Waals surface area contributed by atoms with Crippen molar-refractivity contribution in [3.05, 3.63) is 42.0 Å². The summed E-state index contributed by atoms with van der Waals surface area (Å²) in [5, 5.41) is 11.7. The first-order valence-electron chi connectivity index (χ1n) is 6.46. The van der Waals surface area contributed by atoms with E-state index in [2.05, 4.69) is 17.5 Å². The normalized spacial score (nSPS) is 27.5. The van der Waals surface area contributed by atoms with Crippen LogP contribution in [0.5, 0.6) is 0 Å². The van der Waals surface area contributed by atoms with Crippen LogP contribution in [0.3, 0.4) is 0 Å². The van der Waals surface area contributed by atoms with Gasteiger partial charge in [0.2, 0.25) is 5.91 Å². The molecule has 0 aliphatic heterocycles. The SMILES string of the molecule is O=C(O)c1cccc(NC(=O)C2CC3C=CC2C3)c1. The predicted molar refractivity (Wildman–Crippen MR) is 70.9 cm³/mol. The fourth-order valence-electron chi connectivity index (χ4n) is 3.05. The van der Waals surface area contributed by atoms with E-state index in [0.29, 0.717) is 17.5 Å². The van der Waals surface area contributed by atoms with Crippen LogP contribution >= 0.6 is 0 Å². The first-order valence-corrected chi connectivity index (χ1v) is 6.46. The quantitative estimate of drug-likeness (QED) is 0.818. The molecule has 4 heteroatoms. The van der Waals surface area contributed by atoms with Crippen LogP contribution in [-0.4, -0.2) is 17.0 Å². The van der Waals surface area contributed by atoms with Crippen molar-refractivity contribution in [2.45, 2.75) is 12.8 Å². The molecule has 0 saturated heterocycles. The second-order valence-electron chi connectivity index (χ2n) is 5.26. The number of aromatic carboxylic acids is 1. The fourth-order valence-corrected chi connectivity index (χ4v) is 3.05. The lowest BCUT2D eigenvalue weighted by Crippen LogP contribution is -2.25. The fraction of sp³-hybridized carbons (Fsp3) is 0.333. The van der Waals surface area contributed by atoms with E-state index in [1.807, 2.05) is 0 Å². The average Bonchev–Trinajstić information content (AvgIpc) is 3.01. The molecule has 1 aromatic rings. The summed E-state index contributed by atoms with van der Waals surface area (Å²) in [7, 11) is 0. The van der Waals surface area contributed by atoms with Crippen LogP contribution in [-0.2, 0) is 4.79 Å². The number of carboxylic acid groups (broad SMARTS) is 1. The summed E-state index contributed by atoms with van der Waals surface area (Å²) in [6, 6.07) is 6.36. The Morgan fingerprint density at radius 1 is 1.21 bits per heavy atom. The van der Waals surface area contributed by atoms with E-state index in [-0.39, 0.29) is 17.4 Å². The Labute approximate surface area is 111 Å². The number of benzene rings is 1. The minimum atomic E-state index is -0.987. The van der Waals surface area contributed by atoms with Gasteiger partial charge >= 0.3 is 5.97 Å². The lowest BCUT2D eigenvalue weighted by Gasteiger charge is -2.17. The molecule has 3 atom stereocenters. The molecule has 19 heavy (non-hydrogen) atoms. The summed E-state index contributed by atoms with van der Waals surface area (Å²) >= 11 is 0. The number of amides is 1. The Morgan fingerprint density at radius 3 is 2.68 bits per heavy atom. The number of anilines is 1. The maximum Gasteiger partial charge on any atom is 0.335 e. The summed E-state index contributed by atoms with van der Waals surface area (Å²) in [5.74, 6) is -0.0550. The number of fused-ring (bicyclic) bond motifs is 2. The third-order valence-electron chi connectivity index (χ3n) is 3.99. The number of allylic oxidation sites excluding steroid dienone is 2. The van der Waals surface area contributed by atoms with E-state index in [9.17, 15) is 9.59 Å². The maximum atomic E-state index is 12.2. The lowest BCUT2D eigenvalue weighted by atomic mass is 9.93. The minimum Gasteiger partial charge on any atom is -0.478 e. The molecule has 0 radical (unpaired) electrons. The van der Waals surface area contributed by atoms with Gasteiger partial charge in [-0.15, -0.1) is 0 Å². The molecule has 3 rings (SSSR count). The van der Waals surface area contributed by atoms with Crippen molar-refractivity contribution in [1.29, 1.82) is 0 Å². The minimum absolute atomic E-state index is 0.000566. The highest BCUT2D eigenvalue weighted by atomic mass is 16.4. The number of carbonyl (C=O) groups excluding carboxylic acids is 1. The molecule has 2 bridgehead atoms. The van der Waals surface area contributed by atoms with Gasteiger partial charge in [0.15, 0.2) is 0 Å². The highest BCUT2D eigenvalue weighted by Crippen LogP contribution is 2.43. The second kappa shape index (κ2) is 4.53. The molecule has 2 N–H and O–H groups in total. The van der Waals surface area contributed by atoms with E-state index in [4.69, 9.17) is 5.11 Å². The van der Waals surface area contributed by atoms with Gasteiger partial charge < -0.3 is 10.4 Å². The molecule has 1 fully saturated rings. The van der Waals surface area contributed by atoms with Gasteiger partial charge in [0, 0.05) is 11.6 Å². The maximum absolute atomic E-state index is 12.2. The van der Waals surface area contributed by atoms with Crippen LogP contribution in [0.15, 0.2) is 36.4 Å². The van der Waals surface area contributed by atoms with Gasteiger partial charge in [-0.2, -0.15) is 0 Å². The van der Waals surface area contributed by atoms with Crippen molar-refractivity contribution < 1.29 is 14.7 Å². The Kier molecular flexibility index (Phi) is 2.85. The van der Waals surface area contributed by atoms with E-state index in [1.54, 1.807) is 12.1 Å². The Bertz CT molecular complexity index is 564. The van der Waals surface area contributed by atoms with Crippen LogP contribution in [0.1, 0.15) is 23.2 Å². The Hall–Kier alpha value is -2.10. The standard InChI is InChI=1S/C15H15NO3/c17-14(13-7-9-4-5-10(13)6-9)16-12-3-1-2-11(8-12)15(18)19/h1-5,8-10,13H,6-7H2,(H,16,17)(H,18,19). The van der Waals surface area contributed by atoms with Crippen LogP contribution in [0, 0.1) is 17.8 Å². The topological polar surface area (TPSA) is 66.4 Å². The molecule has 1 aromatic carbocycles. The molecule has 2 aliphatic carbocycles. The molecule has 1 saturated carbocycles. The third kappa shape index (κ3) is 2.26. The van der Waals surface area contributed by atoms with Gasteiger partial charge in [0.05, 0.1) is 5.56 Å². The summed E-state index contributed by atoms with van der Waals surface area (Å²) in [4.78, 5) is 23.1. The molecule has 1 amide bonds. The molecule has 3 unspecified atom stereocenters. The van der Waals surface area contributed by atoms with Crippen molar-refractivity contribution in [1.82, 2.24) is 0 Å². The molecule has 4 nitrogen and oxygen atoms in total. The van der Waals surface area contributed by atoms with Crippen molar-refractivity contribution in [2.75, 3.05) is 5.32 Å². The summed E-state index contributed by atoms with van der Waals surface area (Å²) < 4.78 is 0. The van der Waals surface area contributed by atoms with Crippen LogP contribution in [0.25, 0.3) is 0 Å². The lowest BCUT2D eigenvalue weighted by molar-refractivity contribution is -0.120. The molecular formula is C15H15NO3. The van der Waals surface area contributed by atoms with Gasteiger partial charge in [0.25, 0.3) is 0 Å². The van der Waals surface area contributed by atoms with Crippen LogP contribution in [0.2, 0.25) is 0 Å². The highest BCUT2D eigenvalue weighted by molar-refractivity contribution is 5.95. The van der Waals surface area contributed by atoms with Crippen molar-refractivity contribution >= 4 is 17.6 Å². The van der Waals surface area contributed by atoms with E-state index in [1.165, 1.54) is 12.1 Å². The number of hydrogen-bond acceptors (Lipinski definition) is 2. The number of nitrogens with one attached hydrogen (secondary N) is 1. The molecule has 0 aromatic heterocycles. The zero-order valence-electron chi connectivity index (χ0n) is 10.4. The van der Waals surface area contributed by atoms with Gasteiger partial charge in [-0.05, 0) is 42.9 Å². The Balaban J connectivity index is 1.71. The smallest absolute Gasteiger partial charge is 0.335 e. The predicted octanol–water partition coefficient (Wildman–Crippen LogP) is 2.54. The van der Waals surface area contributed by atoms with E-state index < -0.39 is 5.97 Å². The number of rotatable bonds is 3. The molecular weight excluding hydrogens is 242 g/mol. The molecule has 98 valence electrons. The summed E-state index contributed by atoms with van der Waals surface area (Å²) in [6.07, 6.45) is 6.31. The van der Waals surface area contributed by atoms with Crippen LogP contribution < -0.4 is 5.32 Å². The zero-order valence-corrected chi connectivity index (χ0v) is 10.4. The zero-order chi connectivity index (χ0) is 13.4. The number of carbonyl (C=O) groups is 2. The van der Waals surface area contributed by atoms with Gasteiger partial charge in [-0.25, -0.2) is 4.79 Å². The molecule has 0 heterocycles. The van der Waals surface area contributed by atoms with Crippen molar-refractivity contribution in [3.8, 4) is 0 Å². The van der Waals surface area contributed by atoms with Crippen molar-refractivity contribution in [3.63, 3.8) is 0 Å². The van der Waals surface area contributed by atoms with Gasteiger partial charge in [0.1, 0.15) is 0 Å². The average molecular weight is 257 g/mol. The third-order valence-corrected chi connectivity index (χ3v) is 3.99. The highest BCUT2D eigenvalue weighted by Gasteiger charge is 2.39. The van der Waals surface area contributed by atoms with E-state index >= 15 is 0 Å². The molecule has 0 spiro atoms. The number of hydrogen-bond donors (Lipinski definition) is 2. The number of carboxylic acids is 1. The first kappa shape index (κ1) is 12.0. The monoisotopic (exact) mass is 257 g/mol. The second-order valence-corrected chi connectivity index (χ2v) is 5.26. The summed E-state index contributed by atoms with van der Waals surface area (Å²) in [6.45, 7) is 0. The van der Waals surface area contributed by atoms with Crippen LogP contribution in [0.4, 0.5) is 5.69 Å². The van der Waals surface area contributed by atoms with E-state index in [0.717, 1.165) is 12.8 Å².